The van der Waals surface area contributed by atoms with Crippen molar-refractivity contribution >= 4 is 15.0 Å². The summed E-state index contributed by atoms with van der Waals surface area (Å²) in [6.45, 7) is -0.507. The van der Waals surface area contributed by atoms with Gasteiger partial charge in [-0.15, -0.1) is 0 Å². The molecule has 2 aliphatic rings. The van der Waals surface area contributed by atoms with Crippen LogP contribution in [-0.2, 0) is 4.74 Å². The zero-order valence-corrected chi connectivity index (χ0v) is 8.20. The van der Waals surface area contributed by atoms with Gasteiger partial charge in [0.05, 0.1) is 0 Å². The molecule has 0 aromatic rings. The molecule has 76 valence electrons. The van der Waals surface area contributed by atoms with Crippen LogP contribution in [0.25, 0.3) is 0 Å². The summed E-state index contributed by atoms with van der Waals surface area (Å²) in [5, 5.41) is 46.4. The van der Waals surface area contributed by atoms with Crippen LogP contribution < -0.4 is 0 Å². The molecule has 7 heteroatoms. The van der Waals surface area contributed by atoms with Crippen LogP contribution in [-0.4, -0.2) is 74.6 Å². The molecule has 2 saturated heterocycles. The molecule has 2 heterocycles. The molecule has 2 fully saturated rings. The van der Waals surface area contributed by atoms with Crippen LogP contribution in [0.1, 0.15) is 0 Å². The van der Waals surface area contributed by atoms with Gasteiger partial charge in [0.15, 0.2) is 0 Å². The van der Waals surface area contributed by atoms with Crippen LogP contribution >= 0.6 is 0 Å². The van der Waals surface area contributed by atoms with Gasteiger partial charge in [0.2, 0.25) is 0 Å². The van der Waals surface area contributed by atoms with E-state index >= 15 is 0 Å². The number of rotatable bonds is 1. The van der Waals surface area contributed by atoms with Crippen LogP contribution in [0.5, 0.6) is 0 Å². The summed E-state index contributed by atoms with van der Waals surface area (Å²) in [7, 11) is 0. The molecule has 5 N–H and O–H groups in total. The molecule has 0 amide bonds. The fourth-order valence-corrected chi connectivity index (χ4v) is 3.43. The zero-order valence-electron chi connectivity index (χ0n) is 6.49. The summed E-state index contributed by atoms with van der Waals surface area (Å²) < 4.78 is 1.39. The van der Waals surface area contributed by atoms with Gasteiger partial charge in [-0.2, -0.15) is 0 Å². The Morgan fingerprint density at radius 1 is 1.31 bits per heavy atom. The number of aliphatic hydroxyl groups is 5. The van der Waals surface area contributed by atoms with Gasteiger partial charge in [0.25, 0.3) is 0 Å². The average molecular weight is 257 g/mol. The summed E-state index contributed by atoms with van der Waals surface area (Å²) in [4.78, 5) is 0. The van der Waals surface area contributed by atoms with Gasteiger partial charge < -0.3 is 0 Å². The minimum absolute atomic E-state index is 0.507. The average Bonchev–Trinajstić information content (AvgIpc) is 2.64. The Morgan fingerprint density at radius 2 is 1.92 bits per heavy atom. The predicted molar refractivity (Wildman–Crippen MR) is 39.6 cm³/mol. The first-order valence-corrected chi connectivity index (χ1v) is 5.45. The maximum atomic E-state index is 9.52. The van der Waals surface area contributed by atoms with Crippen molar-refractivity contribution in [1.82, 2.24) is 0 Å². The summed E-state index contributed by atoms with van der Waals surface area (Å²) >= 11 is -0.704. The Hall–Kier alpha value is 0.279. The van der Waals surface area contributed by atoms with Crippen LogP contribution in [0.2, 0.25) is 0 Å². The van der Waals surface area contributed by atoms with Crippen molar-refractivity contribution in [3.8, 4) is 0 Å². The Morgan fingerprint density at radius 3 is 2.46 bits per heavy atom. The molecular formula is C6H10O6Se. The molecule has 5 atom stereocenters. The third kappa shape index (κ3) is 1.10. The molecule has 0 aromatic carbocycles. The van der Waals surface area contributed by atoms with E-state index in [-0.39, 0.29) is 0 Å². The molecule has 13 heavy (non-hydrogen) atoms. The molecular weight excluding hydrogens is 247 g/mol. The molecule has 2 aliphatic heterocycles. The topological polar surface area (TPSA) is 110 Å². The monoisotopic (exact) mass is 258 g/mol. The van der Waals surface area contributed by atoms with E-state index in [2.05, 4.69) is 0 Å². The van der Waals surface area contributed by atoms with Crippen molar-refractivity contribution in [2.75, 3.05) is 6.61 Å². The normalized spacial score (nSPS) is 60.2. The molecule has 2 rings (SSSR count). The van der Waals surface area contributed by atoms with Crippen LogP contribution in [0.15, 0.2) is 0 Å². The molecule has 0 aromatic heterocycles. The summed E-state index contributed by atoms with van der Waals surface area (Å²) in [5.74, 6) is 0. The van der Waals surface area contributed by atoms with Crippen LogP contribution in [0.3, 0.4) is 0 Å². The number of aliphatic hydroxyl groups excluding tert-OH is 3. The molecule has 0 radical (unpaired) electrons. The minimum atomic E-state index is -1.74. The molecule has 0 bridgehead atoms. The van der Waals surface area contributed by atoms with Crippen LogP contribution in [0.4, 0.5) is 0 Å². The van der Waals surface area contributed by atoms with Crippen LogP contribution in [0, 0.1) is 0 Å². The maximum absolute atomic E-state index is 9.52. The number of fused-ring (bicyclic) bond motifs is 1. The van der Waals surface area contributed by atoms with E-state index in [0.717, 1.165) is 0 Å². The summed E-state index contributed by atoms with van der Waals surface area (Å²) in [6.07, 6.45) is -3.85. The number of hydrogen-bond acceptors (Lipinski definition) is 6. The number of hydrogen-bond donors (Lipinski definition) is 5. The first-order chi connectivity index (χ1) is 5.94. The Balaban J connectivity index is 2.21. The van der Waals surface area contributed by atoms with Gasteiger partial charge in [-0.1, -0.05) is 0 Å². The Labute approximate surface area is 79.9 Å². The predicted octanol–water partition coefficient (Wildman–Crippen LogP) is -3.85. The van der Waals surface area contributed by atoms with Gasteiger partial charge in [-0.05, 0) is 0 Å². The van der Waals surface area contributed by atoms with Crippen molar-refractivity contribution < 1.29 is 30.3 Å². The van der Waals surface area contributed by atoms with Gasteiger partial charge in [-0.25, -0.2) is 0 Å². The van der Waals surface area contributed by atoms with Gasteiger partial charge in [0, 0.05) is 0 Å². The van der Waals surface area contributed by atoms with E-state index in [1.165, 1.54) is 0 Å². The van der Waals surface area contributed by atoms with Crippen molar-refractivity contribution in [3.63, 3.8) is 0 Å². The molecule has 0 spiro atoms. The molecule has 6 nitrogen and oxygen atoms in total. The van der Waals surface area contributed by atoms with E-state index in [0.29, 0.717) is 0 Å². The molecule has 1 unspecified atom stereocenters. The second kappa shape index (κ2) is 2.65. The number of ether oxygens (including phenoxy) is 1. The van der Waals surface area contributed by atoms with E-state index in [1.807, 2.05) is 0 Å². The Kier molecular flexibility index (Phi) is 2.00. The van der Waals surface area contributed by atoms with E-state index in [4.69, 9.17) is 9.84 Å². The molecule has 0 saturated carbocycles. The van der Waals surface area contributed by atoms with Crippen molar-refractivity contribution in [2.24, 2.45) is 0 Å². The van der Waals surface area contributed by atoms with Gasteiger partial charge >= 0.3 is 79.3 Å². The molecule has 0 aliphatic carbocycles. The first-order valence-electron chi connectivity index (χ1n) is 3.74. The van der Waals surface area contributed by atoms with Gasteiger partial charge in [0.1, 0.15) is 0 Å². The summed E-state index contributed by atoms with van der Waals surface area (Å²) in [5.41, 5.74) is 0. The fourth-order valence-electron chi connectivity index (χ4n) is 1.40. The standard InChI is InChI=1S/C6H10O6Se/c7-1-2-3(8)4(9)5(10)6(11,12-2)13-5/h2-4,7-11H,1H2/t2-,3-,4+,5-,6?/m1/s1. The van der Waals surface area contributed by atoms with E-state index < -0.39 is 49.1 Å². The Bertz CT molecular complexity index is 237. The van der Waals surface area contributed by atoms with Crippen molar-refractivity contribution in [2.45, 2.75) is 27.5 Å². The van der Waals surface area contributed by atoms with E-state index in [9.17, 15) is 20.4 Å². The van der Waals surface area contributed by atoms with Gasteiger partial charge in [-0.3, -0.25) is 0 Å². The third-order valence-corrected chi connectivity index (χ3v) is 5.05. The SMILES string of the molecule is OC[C@H]1OC2(O)[Se][C@]2(O)[C@@H](O)[C@@H]1O. The van der Waals surface area contributed by atoms with E-state index in [1.54, 1.807) is 0 Å². The second-order valence-corrected chi connectivity index (χ2v) is 6.05. The first kappa shape index (κ1) is 9.82. The third-order valence-electron chi connectivity index (χ3n) is 2.30. The summed E-state index contributed by atoms with van der Waals surface area (Å²) in [6, 6.07) is 0. The quantitative estimate of drug-likeness (QED) is 0.308. The van der Waals surface area contributed by atoms with Crippen molar-refractivity contribution in [3.05, 3.63) is 0 Å². The fraction of sp³-hybridized carbons (Fsp3) is 1.00. The van der Waals surface area contributed by atoms with Crippen molar-refractivity contribution in [1.29, 1.82) is 0 Å². The zero-order chi connectivity index (χ0) is 9.85. The second-order valence-electron chi connectivity index (χ2n) is 3.15.